The van der Waals surface area contributed by atoms with Crippen LogP contribution < -0.4 is 14.2 Å². The molecule has 23 heteroatoms. The molecule has 16 rings (SSSR count). The largest absolute Gasteiger partial charge is 0.429 e. The first kappa shape index (κ1) is 70.9. The Hall–Kier alpha value is -11.2. The Labute approximate surface area is 633 Å². The van der Waals surface area contributed by atoms with Crippen molar-refractivity contribution in [2.75, 3.05) is 0 Å². The molecule has 0 spiro atoms. The average Bonchev–Trinajstić information content (AvgIpc) is 1.08. The lowest BCUT2D eigenvalue weighted by Gasteiger charge is -2.09. The first-order valence-corrected chi connectivity index (χ1v) is 39.2. The number of thiazole rings is 1. The van der Waals surface area contributed by atoms with Crippen molar-refractivity contribution >= 4 is 110 Å². The van der Waals surface area contributed by atoms with Crippen molar-refractivity contribution in [1.82, 2.24) is 49.8 Å². The van der Waals surface area contributed by atoms with Crippen LogP contribution in [0.4, 0.5) is 0 Å². The van der Waals surface area contributed by atoms with Crippen LogP contribution in [0.2, 0.25) is 0 Å². The van der Waals surface area contributed by atoms with Crippen LogP contribution in [0, 0.1) is 20.8 Å². The van der Waals surface area contributed by atoms with Gasteiger partial charge in [-0.2, -0.15) is 0 Å². The molecule has 0 saturated heterocycles. The van der Waals surface area contributed by atoms with E-state index in [2.05, 4.69) is 127 Å². The molecule has 0 aliphatic heterocycles. The number of nitrogens with zero attached hydrogens (tertiary/aromatic N) is 10. The second-order valence-electron chi connectivity index (χ2n) is 23.9. The van der Waals surface area contributed by atoms with E-state index in [0.717, 1.165) is 55.6 Å². The third-order valence-electron chi connectivity index (χ3n) is 16.6. The van der Waals surface area contributed by atoms with Gasteiger partial charge in [0.05, 0.1) is 56.9 Å². The minimum Gasteiger partial charge on any atom is -0.429 e. The predicted molar refractivity (Wildman–Crippen MR) is 427 cm³/mol. The predicted octanol–water partition coefficient (Wildman–Crippen LogP) is 22.3. The summed E-state index contributed by atoms with van der Waals surface area (Å²) in [6.07, 6.45) is 18.2. The Balaban J connectivity index is 0.000000133. The maximum Gasteiger partial charge on any atom is 0.298 e. The highest BCUT2D eigenvalue weighted by atomic mass is 32.1. The van der Waals surface area contributed by atoms with Gasteiger partial charge >= 0.3 is 0 Å². The minimum absolute atomic E-state index is 0.378. The number of ether oxygens (including phenoxy) is 3. The monoisotopic (exact) mass is 1510 g/mol. The fourth-order valence-corrected chi connectivity index (χ4v) is 18.1. The van der Waals surface area contributed by atoms with Gasteiger partial charge in [0.2, 0.25) is 0 Å². The summed E-state index contributed by atoms with van der Waals surface area (Å²) in [5.74, 6) is 1.17. The third kappa shape index (κ3) is 17.4. The maximum atomic E-state index is 11.1. The number of carbonyl (C=O) groups is 3. The Bertz CT molecular complexity index is 5710. The molecule has 0 unspecified atom stereocenters. The summed E-state index contributed by atoms with van der Waals surface area (Å²) in [5, 5.41) is 11.3. The molecule has 105 heavy (non-hydrogen) atoms. The minimum atomic E-state index is 0.378. The van der Waals surface area contributed by atoms with Crippen molar-refractivity contribution in [2.45, 2.75) is 59.8 Å². The van der Waals surface area contributed by atoms with Gasteiger partial charge in [-0.15, -0.1) is 79.4 Å². The summed E-state index contributed by atoms with van der Waals surface area (Å²) < 4.78 is 15.5. The zero-order chi connectivity index (χ0) is 72.0. The van der Waals surface area contributed by atoms with Gasteiger partial charge in [0.15, 0.2) is 0 Å². The normalized spacial score (nSPS) is 11.0. The number of hydrogen-bond acceptors (Lipinski definition) is 23. The van der Waals surface area contributed by atoms with Gasteiger partial charge in [-0.1, -0.05) is 50.5 Å². The molecule has 0 radical (unpaired) electrons. The van der Waals surface area contributed by atoms with Crippen molar-refractivity contribution in [1.29, 1.82) is 0 Å². The van der Waals surface area contributed by atoms with Crippen LogP contribution >= 0.6 is 79.4 Å². The van der Waals surface area contributed by atoms with Gasteiger partial charge < -0.3 is 14.2 Å². The second-order valence-corrected chi connectivity index (χ2v) is 31.4. The fourth-order valence-electron chi connectivity index (χ4n) is 11.6. The highest BCUT2D eigenvalue weighted by molar-refractivity contribution is 7.22. The fraction of sp³-hybridized carbons (Fsp3) is 0.110. The molecule has 16 nitrogen and oxygen atoms in total. The van der Waals surface area contributed by atoms with E-state index in [4.69, 9.17) is 29.2 Å². The molecule has 518 valence electrons. The molecule has 0 fully saturated rings. The maximum absolute atomic E-state index is 11.1. The summed E-state index contributed by atoms with van der Waals surface area (Å²) in [5.41, 5.74) is 15.1. The Kier molecular flexibility index (Phi) is 22.6. The molecular weight excluding hydrogens is 1450 g/mol. The average molecular weight is 1510 g/mol. The van der Waals surface area contributed by atoms with E-state index in [1.807, 2.05) is 89.6 Å². The molecule has 0 bridgehead atoms. The lowest BCUT2D eigenvalue weighted by Crippen LogP contribution is -1.96. The molecule has 1 aromatic carbocycles. The van der Waals surface area contributed by atoms with Gasteiger partial charge in [0.25, 0.3) is 19.4 Å². The van der Waals surface area contributed by atoms with E-state index in [-0.39, 0.29) is 0 Å². The van der Waals surface area contributed by atoms with E-state index >= 15 is 0 Å². The highest BCUT2D eigenvalue weighted by Gasteiger charge is 2.19. The molecular formula is C82H62N10O6S7. The standard InChI is InChI=1S/C30H28N4O2S2.C29H19N3O2S2.C23H15N3O2S3/c1-3-4-5-6-7-22-12-20(2)38-30(22)29-14-23(17-37-29)21-8-11-32-26(13-21)28-16-24(36-19-35)15-27(34-28)25-9-10-31-18-33-25;1-18-6-7-28(36-18)29-12-22(16-35-29)20-8-9-30-24(11-20)26-13-23(34-17-33)14-27(32-26)25-10-19-4-2-3-5-21(19)15-31-25;1-14-2-3-21(31-14)22-9-16(12-30-22)15-4-5-24-18(8-15)19-10-17(28-13-27)11-20(26-19)23-25-6-7-29-23/h8-19H,3-7H2,1-2H3;2-17H,1H3;2-13H,1H3. The molecule has 15 aromatic heterocycles. The quantitative estimate of drug-likeness (QED) is 0.0431. The number of hydrogen-bond donors (Lipinski definition) is 0. The number of aryl methyl sites for hydroxylation is 4. The topological polar surface area (TPSA) is 208 Å². The van der Waals surface area contributed by atoms with Crippen molar-refractivity contribution in [2.24, 2.45) is 0 Å². The summed E-state index contributed by atoms with van der Waals surface area (Å²) in [6, 6.07) is 51.7. The number of thiophene rings is 6. The number of pyridine rings is 7. The van der Waals surface area contributed by atoms with Gasteiger partial charge in [-0.3, -0.25) is 34.3 Å². The SMILES string of the molecule is CCCCCCc1cc(C)sc1-c1cc(-c2ccnc(-c3cc(OC=O)cc(-c4ccncn4)n3)c2)cs1.Cc1ccc(-c2cc(-c3ccnc(-c4cc(OC=O)cc(-c5cc6ccccc6cn5)n4)c3)cs2)s1.Cc1ccc(-c2cc(-c3ccnc(-c4cc(OC=O)cc(-c5nccs5)n4)c3)cs2)s1. The molecule has 0 atom stereocenters. The number of aromatic nitrogens is 10. The molecule has 16 aromatic rings. The van der Waals surface area contributed by atoms with Crippen molar-refractivity contribution in [3.05, 3.63) is 243 Å². The van der Waals surface area contributed by atoms with E-state index in [0.29, 0.717) is 99.3 Å². The lowest BCUT2D eigenvalue weighted by molar-refractivity contribution is -0.121. The molecule has 0 N–H and O–H groups in total. The lowest BCUT2D eigenvalue weighted by atomic mass is 10.0. The van der Waals surface area contributed by atoms with E-state index in [1.165, 1.54) is 92.8 Å². The molecule has 0 aliphatic rings. The van der Waals surface area contributed by atoms with Crippen LogP contribution in [0.1, 0.15) is 52.8 Å². The van der Waals surface area contributed by atoms with Crippen LogP contribution in [0.25, 0.3) is 141 Å². The zero-order valence-corrected chi connectivity index (χ0v) is 62.6. The number of benzene rings is 1. The van der Waals surface area contributed by atoms with Crippen LogP contribution in [-0.2, 0) is 20.8 Å². The Morgan fingerprint density at radius 3 is 1.35 bits per heavy atom. The number of fused-ring (bicyclic) bond motifs is 1. The van der Waals surface area contributed by atoms with E-state index < -0.39 is 0 Å². The van der Waals surface area contributed by atoms with Crippen molar-refractivity contribution < 1.29 is 28.6 Å². The zero-order valence-electron chi connectivity index (χ0n) is 56.9. The van der Waals surface area contributed by atoms with Gasteiger partial charge in [0.1, 0.15) is 34.3 Å². The number of carbonyl (C=O) groups excluding carboxylic acids is 3. The van der Waals surface area contributed by atoms with Crippen LogP contribution in [0.3, 0.4) is 0 Å². The summed E-state index contributed by atoms with van der Waals surface area (Å²) in [6.45, 7) is 9.92. The van der Waals surface area contributed by atoms with Gasteiger partial charge in [-0.05, 0) is 191 Å². The van der Waals surface area contributed by atoms with Crippen LogP contribution in [-0.4, -0.2) is 69.3 Å². The summed E-state index contributed by atoms with van der Waals surface area (Å²) >= 11 is 12.2. The van der Waals surface area contributed by atoms with E-state index in [1.54, 1.807) is 130 Å². The Morgan fingerprint density at radius 2 is 0.867 bits per heavy atom. The van der Waals surface area contributed by atoms with Gasteiger partial charge in [0, 0.05) is 128 Å². The summed E-state index contributed by atoms with van der Waals surface area (Å²) in [4.78, 5) is 89.9. The van der Waals surface area contributed by atoms with Crippen LogP contribution in [0.5, 0.6) is 17.2 Å². The second kappa shape index (κ2) is 33.5. The smallest absolute Gasteiger partial charge is 0.298 e. The number of rotatable bonds is 23. The van der Waals surface area contributed by atoms with Crippen molar-refractivity contribution in [3.63, 3.8) is 0 Å². The molecule has 0 saturated carbocycles. The number of unbranched alkanes of at least 4 members (excludes halogenated alkanes) is 3. The first-order valence-electron chi connectivity index (χ1n) is 33.3. The Morgan fingerprint density at radius 1 is 0.371 bits per heavy atom. The highest BCUT2D eigenvalue weighted by Crippen LogP contribution is 2.43. The van der Waals surface area contributed by atoms with E-state index in [9.17, 15) is 14.4 Å². The van der Waals surface area contributed by atoms with Crippen molar-refractivity contribution in [3.8, 4) is 148 Å². The molecule has 0 aliphatic carbocycles. The summed E-state index contributed by atoms with van der Waals surface area (Å²) in [7, 11) is 0. The molecule has 0 amide bonds. The first-order chi connectivity index (χ1) is 51.5. The molecule has 15 heterocycles. The van der Waals surface area contributed by atoms with Gasteiger partial charge in [-0.25, -0.2) is 29.9 Å². The van der Waals surface area contributed by atoms with Crippen LogP contribution in [0.15, 0.2) is 223 Å². The third-order valence-corrected chi connectivity index (χ3v) is 23.9.